The monoisotopic (exact) mass is 125 g/mol. The van der Waals surface area contributed by atoms with E-state index in [2.05, 4.69) is 17.9 Å². The molecule has 1 rings (SSSR count). The van der Waals surface area contributed by atoms with Crippen molar-refractivity contribution in [1.29, 1.82) is 0 Å². The zero-order valence-corrected chi connectivity index (χ0v) is 5.39. The van der Waals surface area contributed by atoms with Crippen LogP contribution in [0.2, 0.25) is 0 Å². The maximum atomic E-state index is 5.16. The van der Waals surface area contributed by atoms with Crippen LogP contribution in [-0.2, 0) is 0 Å². The van der Waals surface area contributed by atoms with Crippen LogP contribution in [0.25, 0.3) is 0 Å². The van der Waals surface area contributed by atoms with Crippen molar-refractivity contribution in [2.24, 2.45) is 0 Å². The molecule has 1 aromatic rings. The molecule has 0 N–H and O–H groups in total. The Labute approximate surface area is 60.9 Å². The summed E-state index contributed by atoms with van der Waals surface area (Å²) in [4.78, 5) is 0. The van der Waals surface area contributed by atoms with Crippen LogP contribution in [-0.4, -0.2) is 0 Å². The topological polar surface area (TPSA) is 0 Å². The van der Waals surface area contributed by atoms with Crippen molar-refractivity contribution in [3.63, 3.8) is 0 Å². The van der Waals surface area contributed by atoms with E-state index >= 15 is 0 Å². The highest BCUT2D eigenvalue weighted by Crippen LogP contribution is 2.03. The Balaban J connectivity index is 3.28. The van der Waals surface area contributed by atoms with E-state index in [4.69, 9.17) is 12.8 Å². The normalized spacial score (nSPS) is 7.80. The van der Waals surface area contributed by atoms with Crippen molar-refractivity contribution in [1.82, 2.24) is 0 Å². The number of rotatable bonds is 0. The van der Waals surface area contributed by atoms with Gasteiger partial charge in [-0.3, -0.25) is 0 Å². The first-order chi connectivity index (χ1) is 4.88. The van der Waals surface area contributed by atoms with Gasteiger partial charge in [0.05, 0.1) is 0 Å². The molecule has 0 aliphatic carbocycles. The van der Waals surface area contributed by atoms with Crippen molar-refractivity contribution in [3.05, 3.63) is 35.4 Å². The molecular weight excluding hydrogens is 120 g/mol. The van der Waals surface area contributed by atoms with Crippen LogP contribution < -0.4 is 0 Å². The molecule has 0 aliphatic heterocycles. The van der Waals surface area contributed by atoms with Gasteiger partial charge in [0.25, 0.3) is 0 Å². The minimum atomic E-state index is 0.657. The summed E-state index contributed by atoms with van der Waals surface area (Å²) in [6.45, 7) is 0. The maximum absolute atomic E-state index is 5.16. The SMILES string of the molecule is C#Cc1[c]cccc1C#C. The summed E-state index contributed by atoms with van der Waals surface area (Å²) in [6, 6.07) is 8.22. The van der Waals surface area contributed by atoms with Crippen molar-refractivity contribution in [2.75, 3.05) is 0 Å². The van der Waals surface area contributed by atoms with E-state index in [9.17, 15) is 0 Å². The lowest BCUT2D eigenvalue weighted by Gasteiger charge is -1.91. The van der Waals surface area contributed by atoms with Gasteiger partial charge in [-0.05, 0) is 12.1 Å². The fourth-order valence-corrected chi connectivity index (χ4v) is 0.677. The van der Waals surface area contributed by atoms with Gasteiger partial charge in [0, 0.05) is 11.1 Å². The lowest BCUT2D eigenvalue weighted by molar-refractivity contribution is 1.58. The molecule has 0 heterocycles. The molecule has 10 heavy (non-hydrogen) atoms. The minimum absolute atomic E-state index is 0.657. The largest absolute Gasteiger partial charge is 0.115 e. The minimum Gasteiger partial charge on any atom is -0.115 e. The molecule has 0 fully saturated rings. The number of benzene rings is 1. The zero-order valence-electron chi connectivity index (χ0n) is 5.39. The van der Waals surface area contributed by atoms with Crippen LogP contribution >= 0.6 is 0 Å². The van der Waals surface area contributed by atoms with Crippen LogP contribution in [0, 0.1) is 30.8 Å². The maximum Gasteiger partial charge on any atom is 0.0477 e. The Bertz CT molecular complexity index is 275. The Morgan fingerprint density at radius 3 is 2.60 bits per heavy atom. The molecule has 0 aliphatic rings. The summed E-state index contributed by atoms with van der Waals surface area (Å²) in [6.07, 6.45) is 10.3. The highest BCUT2D eigenvalue weighted by molar-refractivity contribution is 5.47. The van der Waals surface area contributed by atoms with E-state index in [1.807, 2.05) is 6.07 Å². The smallest absolute Gasteiger partial charge is 0.0477 e. The van der Waals surface area contributed by atoms with Gasteiger partial charge in [-0.1, -0.05) is 24.0 Å². The van der Waals surface area contributed by atoms with Gasteiger partial charge in [-0.25, -0.2) is 0 Å². The van der Waals surface area contributed by atoms with E-state index in [0.717, 1.165) is 5.56 Å². The summed E-state index contributed by atoms with van der Waals surface area (Å²) in [5.74, 6) is 4.92. The van der Waals surface area contributed by atoms with Gasteiger partial charge < -0.3 is 0 Å². The van der Waals surface area contributed by atoms with E-state index in [0.29, 0.717) is 5.56 Å². The first-order valence-electron chi connectivity index (χ1n) is 2.82. The molecule has 0 bridgehead atoms. The number of hydrogen-bond donors (Lipinski definition) is 0. The molecule has 0 saturated heterocycles. The predicted octanol–water partition coefficient (Wildman–Crippen LogP) is 1.45. The zero-order chi connectivity index (χ0) is 7.40. The lowest BCUT2D eigenvalue weighted by Crippen LogP contribution is -1.80. The number of terminal acetylenes is 2. The average molecular weight is 125 g/mol. The third kappa shape index (κ3) is 1.02. The molecule has 1 aromatic carbocycles. The summed E-state index contributed by atoms with van der Waals surface area (Å²) < 4.78 is 0. The second-order valence-electron chi connectivity index (χ2n) is 1.75. The third-order valence-electron chi connectivity index (χ3n) is 1.16. The van der Waals surface area contributed by atoms with Gasteiger partial charge in [0.1, 0.15) is 0 Å². The molecule has 0 saturated carbocycles. The van der Waals surface area contributed by atoms with Crippen molar-refractivity contribution >= 4 is 0 Å². The van der Waals surface area contributed by atoms with Crippen LogP contribution in [0.5, 0.6) is 0 Å². The van der Waals surface area contributed by atoms with Crippen molar-refractivity contribution in [2.45, 2.75) is 0 Å². The average Bonchev–Trinajstić information content (AvgIpc) is 2.04. The summed E-state index contributed by atoms with van der Waals surface area (Å²) in [5.41, 5.74) is 1.38. The Morgan fingerprint density at radius 2 is 2.10 bits per heavy atom. The van der Waals surface area contributed by atoms with Crippen molar-refractivity contribution < 1.29 is 0 Å². The van der Waals surface area contributed by atoms with Gasteiger partial charge in [0.2, 0.25) is 0 Å². The predicted molar refractivity (Wildman–Crippen MR) is 41.1 cm³/mol. The molecule has 45 valence electrons. The Hall–Kier alpha value is -1.66. The second kappa shape index (κ2) is 2.76. The van der Waals surface area contributed by atoms with Gasteiger partial charge in [-0.15, -0.1) is 12.8 Å². The molecule has 0 nitrogen and oxygen atoms in total. The van der Waals surface area contributed by atoms with Gasteiger partial charge in [0.15, 0.2) is 0 Å². The third-order valence-corrected chi connectivity index (χ3v) is 1.16. The molecular formula is C10H5. The van der Waals surface area contributed by atoms with E-state index in [1.54, 1.807) is 12.1 Å². The van der Waals surface area contributed by atoms with E-state index in [1.165, 1.54) is 0 Å². The molecule has 0 spiro atoms. The summed E-state index contributed by atoms with van der Waals surface area (Å²) >= 11 is 0. The quantitative estimate of drug-likeness (QED) is 0.460. The van der Waals surface area contributed by atoms with Crippen LogP contribution in [0.3, 0.4) is 0 Å². The molecule has 0 heteroatoms. The molecule has 0 aromatic heterocycles. The Kier molecular flexibility index (Phi) is 1.78. The standard InChI is InChI=1S/C10H5/c1-3-9-7-5-6-8-10(9)4-2/h1-2,5-7H. The second-order valence-corrected chi connectivity index (χ2v) is 1.75. The van der Waals surface area contributed by atoms with E-state index < -0.39 is 0 Å². The molecule has 0 amide bonds. The highest BCUT2D eigenvalue weighted by atomic mass is 13.9. The highest BCUT2D eigenvalue weighted by Gasteiger charge is 1.91. The first kappa shape index (κ1) is 6.46. The fraction of sp³-hybridized carbons (Fsp3) is 0. The summed E-state index contributed by atoms with van der Waals surface area (Å²) in [7, 11) is 0. The lowest BCUT2D eigenvalue weighted by atomic mass is 10.1. The van der Waals surface area contributed by atoms with Crippen molar-refractivity contribution in [3.8, 4) is 24.7 Å². The summed E-state index contributed by atoms with van der Waals surface area (Å²) in [5, 5.41) is 0. The molecule has 0 atom stereocenters. The van der Waals surface area contributed by atoms with Gasteiger partial charge >= 0.3 is 0 Å². The molecule has 1 radical (unpaired) electrons. The first-order valence-corrected chi connectivity index (χ1v) is 2.82. The number of hydrogen-bond acceptors (Lipinski definition) is 0. The fourth-order valence-electron chi connectivity index (χ4n) is 0.677. The van der Waals surface area contributed by atoms with Crippen LogP contribution in [0.1, 0.15) is 11.1 Å². The Morgan fingerprint density at radius 1 is 1.30 bits per heavy atom. The van der Waals surface area contributed by atoms with Gasteiger partial charge in [-0.2, -0.15) is 0 Å². The van der Waals surface area contributed by atoms with E-state index in [-0.39, 0.29) is 0 Å². The van der Waals surface area contributed by atoms with Crippen LogP contribution in [0.15, 0.2) is 18.2 Å². The van der Waals surface area contributed by atoms with Crippen LogP contribution in [0.4, 0.5) is 0 Å². The molecule has 0 unspecified atom stereocenters.